The third kappa shape index (κ3) is 6.18. The van der Waals surface area contributed by atoms with Gasteiger partial charge in [0.1, 0.15) is 17.4 Å². The van der Waals surface area contributed by atoms with Gasteiger partial charge in [-0.25, -0.2) is 9.79 Å². The van der Waals surface area contributed by atoms with E-state index < -0.39 is 0 Å². The summed E-state index contributed by atoms with van der Waals surface area (Å²) < 4.78 is 4.98. The normalized spacial score (nSPS) is 15.9. The number of carbonyl (C=O) groups excluding carboxylic acids is 1. The van der Waals surface area contributed by atoms with Gasteiger partial charge >= 0.3 is 5.97 Å². The van der Waals surface area contributed by atoms with Gasteiger partial charge in [-0.2, -0.15) is 0 Å². The van der Waals surface area contributed by atoms with Crippen molar-refractivity contribution < 1.29 is 9.53 Å². The van der Waals surface area contributed by atoms with Crippen LogP contribution < -0.4 is 5.73 Å². The molecule has 1 saturated heterocycles. The summed E-state index contributed by atoms with van der Waals surface area (Å²) in [6, 6.07) is 1.93. The number of thiophene rings is 1. The number of unbranched alkanes of at least 4 members (excludes halogenated alkanes) is 1. The van der Waals surface area contributed by atoms with Crippen molar-refractivity contribution in [3.63, 3.8) is 0 Å². The Morgan fingerprint density at radius 2 is 2.07 bits per heavy atom. The zero-order chi connectivity index (χ0) is 19.6. The number of carbonyl (C=O) groups is 1. The first-order chi connectivity index (χ1) is 13.1. The van der Waals surface area contributed by atoms with Gasteiger partial charge in [0.25, 0.3) is 0 Å². The topological polar surface area (TPSA) is 67.9 Å². The Kier molecular flexibility index (Phi) is 9.01. The minimum atomic E-state index is -0.356. The molecule has 1 aromatic heterocycles. The number of ether oxygens (including phenoxy) is 1. The molecule has 0 spiro atoms. The fourth-order valence-electron chi connectivity index (χ4n) is 3.29. The molecule has 1 fully saturated rings. The molecule has 1 aliphatic rings. The number of nitrogens with two attached hydrogens (primary N) is 1. The molecule has 1 aromatic rings. The van der Waals surface area contributed by atoms with Crippen LogP contribution in [0.1, 0.15) is 78.9 Å². The third-order valence-corrected chi connectivity index (χ3v) is 5.74. The molecule has 5 nitrogen and oxygen atoms in total. The molecule has 0 aliphatic carbocycles. The Hall–Kier alpha value is -1.66. The number of likely N-dealkylation sites (tertiary alicyclic amines) is 1. The summed E-state index contributed by atoms with van der Waals surface area (Å²) >= 11 is 1.46. The van der Waals surface area contributed by atoms with E-state index in [1.165, 1.54) is 30.6 Å². The van der Waals surface area contributed by atoms with E-state index in [4.69, 9.17) is 15.5 Å². The monoisotopic (exact) mass is 391 g/mol. The molecule has 2 N–H and O–H groups in total. The number of hydrogen-bond acceptors (Lipinski definition) is 5. The van der Waals surface area contributed by atoms with Crippen LogP contribution >= 0.6 is 11.3 Å². The molecule has 150 valence electrons. The number of aliphatic imine (C=N–C) groups is 1. The maximum Gasteiger partial charge on any atom is 0.349 e. The molecule has 0 atom stereocenters. The largest absolute Gasteiger partial charge is 0.446 e. The second kappa shape index (κ2) is 11.2. The maximum absolute atomic E-state index is 12.1. The molecular weight excluding hydrogens is 358 g/mol. The second-order valence-corrected chi connectivity index (χ2v) is 8.13. The summed E-state index contributed by atoms with van der Waals surface area (Å²) in [4.78, 5) is 21.3. The van der Waals surface area contributed by atoms with Crippen molar-refractivity contribution in [2.24, 2.45) is 10.7 Å². The van der Waals surface area contributed by atoms with Crippen molar-refractivity contribution in [1.82, 2.24) is 4.90 Å². The maximum atomic E-state index is 12.1. The van der Waals surface area contributed by atoms with Gasteiger partial charge in [-0.3, -0.25) is 5.73 Å². The van der Waals surface area contributed by atoms with Crippen molar-refractivity contribution in [2.45, 2.75) is 65.7 Å². The minimum Gasteiger partial charge on any atom is -0.446 e. The van der Waals surface area contributed by atoms with Crippen LogP contribution in [0, 0.1) is 6.92 Å². The van der Waals surface area contributed by atoms with Crippen LogP contribution in [-0.4, -0.2) is 36.5 Å². The van der Waals surface area contributed by atoms with Crippen LogP contribution in [-0.2, 0) is 4.74 Å². The first-order valence-corrected chi connectivity index (χ1v) is 10.9. The highest BCUT2D eigenvalue weighted by Crippen LogP contribution is 2.27. The minimum absolute atomic E-state index is 0.0986. The van der Waals surface area contributed by atoms with E-state index >= 15 is 0 Å². The van der Waals surface area contributed by atoms with Crippen molar-refractivity contribution in [1.29, 1.82) is 0 Å². The fraction of sp³-hybridized carbons (Fsp3) is 0.619. The number of allylic oxidation sites excluding steroid dienone is 2. The molecule has 0 saturated carbocycles. The SMILES string of the molecule is CC/C=C(CCCC)/N=C(\c1cc(C(=O)OCN)sc1C)N1CCCCC1. The van der Waals surface area contributed by atoms with Gasteiger partial charge in [-0.1, -0.05) is 26.3 Å². The molecule has 2 heterocycles. The predicted octanol–water partition coefficient (Wildman–Crippen LogP) is 4.85. The Balaban J connectivity index is 2.41. The van der Waals surface area contributed by atoms with Crippen molar-refractivity contribution in [2.75, 3.05) is 19.8 Å². The quantitative estimate of drug-likeness (QED) is 0.298. The van der Waals surface area contributed by atoms with Gasteiger partial charge in [0.15, 0.2) is 0 Å². The van der Waals surface area contributed by atoms with E-state index in [2.05, 4.69) is 24.8 Å². The molecule has 27 heavy (non-hydrogen) atoms. The van der Waals surface area contributed by atoms with E-state index in [9.17, 15) is 4.79 Å². The predicted molar refractivity (Wildman–Crippen MR) is 113 cm³/mol. The van der Waals surface area contributed by atoms with Crippen LogP contribution in [0.5, 0.6) is 0 Å². The highest BCUT2D eigenvalue weighted by atomic mass is 32.1. The molecule has 0 radical (unpaired) electrons. The van der Waals surface area contributed by atoms with Crippen molar-refractivity contribution in [3.05, 3.63) is 33.2 Å². The van der Waals surface area contributed by atoms with Crippen LogP contribution in [0.2, 0.25) is 0 Å². The smallest absolute Gasteiger partial charge is 0.349 e. The van der Waals surface area contributed by atoms with Gasteiger partial charge < -0.3 is 9.64 Å². The van der Waals surface area contributed by atoms with Crippen LogP contribution in [0.25, 0.3) is 0 Å². The van der Waals surface area contributed by atoms with Gasteiger partial charge in [-0.05, 0) is 51.5 Å². The molecule has 0 amide bonds. The van der Waals surface area contributed by atoms with E-state index in [0.717, 1.165) is 60.7 Å². The molecule has 2 rings (SSSR count). The fourth-order valence-corrected chi connectivity index (χ4v) is 4.20. The molecular formula is C21H33N3O2S. The Morgan fingerprint density at radius 1 is 1.33 bits per heavy atom. The molecule has 0 aromatic carbocycles. The summed E-state index contributed by atoms with van der Waals surface area (Å²) in [5, 5.41) is 0. The number of aryl methyl sites for hydroxylation is 1. The summed E-state index contributed by atoms with van der Waals surface area (Å²) in [5.41, 5.74) is 7.55. The standard InChI is InChI=1S/C21H33N3O2S/c1-4-6-11-17(10-5-2)23-20(24-12-8-7-9-13-24)18-14-19(27-16(18)3)21(25)26-15-22/h10,14H,4-9,11-13,15,22H2,1-3H3/b17-10+,23-20+. The third-order valence-electron chi connectivity index (χ3n) is 4.71. The number of piperidine rings is 1. The van der Waals surface area contributed by atoms with E-state index in [1.807, 2.05) is 13.0 Å². The number of hydrogen-bond donors (Lipinski definition) is 1. The summed E-state index contributed by atoms with van der Waals surface area (Å²) in [7, 11) is 0. The van der Waals surface area contributed by atoms with E-state index in [1.54, 1.807) is 0 Å². The van der Waals surface area contributed by atoms with Crippen LogP contribution in [0.3, 0.4) is 0 Å². The highest BCUT2D eigenvalue weighted by Gasteiger charge is 2.22. The average Bonchev–Trinajstić information content (AvgIpc) is 3.06. The Bertz CT molecular complexity index is 673. The van der Waals surface area contributed by atoms with Gasteiger partial charge in [0, 0.05) is 29.2 Å². The lowest BCUT2D eigenvalue weighted by molar-refractivity contribution is 0.0521. The van der Waals surface area contributed by atoms with Crippen LogP contribution in [0.4, 0.5) is 0 Å². The molecule has 1 aliphatic heterocycles. The van der Waals surface area contributed by atoms with E-state index in [-0.39, 0.29) is 12.7 Å². The van der Waals surface area contributed by atoms with Crippen LogP contribution in [0.15, 0.2) is 22.8 Å². The summed E-state index contributed by atoms with van der Waals surface area (Å²) in [5.74, 6) is 0.649. The lowest BCUT2D eigenvalue weighted by Gasteiger charge is -2.30. The average molecular weight is 392 g/mol. The van der Waals surface area contributed by atoms with Crippen molar-refractivity contribution >= 4 is 23.1 Å². The van der Waals surface area contributed by atoms with Gasteiger partial charge in [-0.15, -0.1) is 11.3 Å². The molecule has 0 unspecified atom stereocenters. The van der Waals surface area contributed by atoms with Crippen molar-refractivity contribution in [3.8, 4) is 0 Å². The first-order valence-electron chi connectivity index (χ1n) is 10.1. The Morgan fingerprint density at radius 3 is 2.70 bits per heavy atom. The van der Waals surface area contributed by atoms with E-state index in [0.29, 0.717) is 4.88 Å². The zero-order valence-electron chi connectivity index (χ0n) is 16.9. The lowest BCUT2D eigenvalue weighted by Crippen LogP contribution is -2.36. The molecule has 0 bridgehead atoms. The van der Waals surface area contributed by atoms with Gasteiger partial charge in [0.2, 0.25) is 0 Å². The first kappa shape index (κ1) is 21.6. The number of esters is 1. The van der Waals surface area contributed by atoms with Gasteiger partial charge in [0.05, 0.1) is 0 Å². The molecule has 6 heteroatoms. The second-order valence-electron chi connectivity index (χ2n) is 6.87. The zero-order valence-corrected chi connectivity index (χ0v) is 17.7. The highest BCUT2D eigenvalue weighted by molar-refractivity contribution is 7.14. The number of nitrogens with zero attached hydrogens (tertiary/aromatic N) is 2. The lowest BCUT2D eigenvalue weighted by atomic mass is 10.1. The summed E-state index contributed by atoms with van der Waals surface area (Å²) in [6.45, 7) is 8.34. The Labute approximate surface area is 167 Å². The summed E-state index contributed by atoms with van der Waals surface area (Å²) in [6.07, 6.45) is 10.1. The number of rotatable bonds is 8. The number of amidine groups is 1.